The Balaban J connectivity index is 1.92. The predicted molar refractivity (Wildman–Crippen MR) is 138 cm³/mol. The molecule has 2 atom stereocenters. The first-order chi connectivity index (χ1) is 16.6. The van der Waals surface area contributed by atoms with Crippen molar-refractivity contribution in [3.63, 3.8) is 0 Å². The largest absolute Gasteiger partial charge is 0.480 e. The molecule has 0 bridgehead atoms. The Hall–Kier alpha value is -2.71. The maximum atomic E-state index is 13.2. The van der Waals surface area contributed by atoms with E-state index in [2.05, 4.69) is 17.1 Å². The molecule has 8 heteroatoms. The predicted octanol–water partition coefficient (Wildman–Crippen LogP) is 4.04. The van der Waals surface area contributed by atoms with E-state index in [0.717, 1.165) is 48.0 Å². The minimum absolute atomic E-state index is 0.189. The van der Waals surface area contributed by atoms with Crippen LogP contribution < -0.4 is 5.32 Å². The zero-order chi connectivity index (χ0) is 25.6. The Bertz CT molecular complexity index is 1160. The normalized spacial score (nSPS) is 17.3. The summed E-state index contributed by atoms with van der Waals surface area (Å²) < 4.78 is 23.0. The van der Waals surface area contributed by atoms with Crippen molar-refractivity contribution < 1.29 is 23.1 Å². The molecule has 2 aromatic rings. The molecule has 1 amide bonds. The summed E-state index contributed by atoms with van der Waals surface area (Å²) in [6.45, 7) is 6.05. The fourth-order valence-corrected chi connectivity index (χ4v) is 5.47. The van der Waals surface area contributed by atoms with Gasteiger partial charge in [0.05, 0.1) is 5.75 Å². The van der Waals surface area contributed by atoms with Gasteiger partial charge in [0.15, 0.2) is 0 Å². The van der Waals surface area contributed by atoms with Gasteiger partial charge in [-0.05, 0) is 73.5 Å². The lowest BCUT2D eigenvalue weighted by atomic mass is 9.93. The summed E-state index contributed by atoms with van der Waals surface area (Å²) in [5, 5.41) is 12.1. The standard InChI is InChI=1S/C27H36N2O5S/c1-4-8-21-10-7-15-29(21)18-20-12-13-23(24(17-20)22-11-6-5-9-19(22)2)26(30)28-25(27(31)32)14-16-35(3,33)34/h5-6,9,11-13,17,21,25H,4,7-8,10,14-16,18H2,1-3H3,(H,28,30)(H,31,32)/t21-,25-/m0/s1. The van der Waals surface area contributed by atoms with Crippen molar-refractivity contribution in [2.24, 2.45) is 0 Å². The number of carbonyl (C=O) groups is 2. The summed E-state index contributed by atoms with van der Waals surface area (Å²) in [5.74, 6) is -2.10. The number of amides is 1. The molecule has 1 heterocycles. The summed E-state index contributed by atoms with van der Waals surface area (Å²) in [5.41, 5.74) is 4.15. The second kappa shape index (κ2) is 11.8. The van der Waals surface area contributed by atoms with E-state index in [1.165, 1.54) is 19.3 Å². The number of carboxylic acid groups (broad SMARTS) is 1. The molecule has 0 spiro atoms. The number of hydrogen-bond acceptors (Lipinski definition) is 5. The van der Waals surface area contributed by atoms with Gasteiger partial charge in [0, 0.05) is 24.4 Å². The van der Waals surface area contributed by atoms with Gasteiger partial charge in [-0.25, -0.2) is 13.2 Å². The number of sulfone groups is 1. The summed E-state index contributed by atoms with van der Waals surface area (Å²) >= 11 is 0. The first-order valence-corrected chi connectivity index (χ1v) is 14.3. The zero-order valence-corrected chi connectivity index (χ0v) is 21.6. The number of rotatable bonds is 11. The first kappa shape index (κ1) is 26.9. The number of aryl methyl sites for hydroxylation is 1. The van der Waals surface area contributed by atoms with E-state index >= 15 is 0 Å². The molecule has 0 saturated carbocycles. The van der Waals surface area contributed by atoms with E-state index in [1.807, 2.05) is 43.3 Å². The van der Waals surface area contributed by atoms with Crippen molar-refractivity contribution in [3.05, 3.63) is 59.2 Å². The first-order valence-electron chi connectivity index (χ1n) is 12.2. The van der Waals surface area contributed by atoms with E-state index in [0.29, 0.717) is 11.6 Å². The van der Waals surface area contributed by atoms with Crippen LogP contribution in [-0.2, 0) is 21.2 Å². The van der Waals surface area contributed by atoms with Crippen LogP contribution in [0.25, 0.3) is 11.1 Å². The van der Waals surface area contributed by atoms with Gasteiger partial charge in [0.2, 0.25) is 0 Å². The molecule has 3 rings (SSSR count). The van der Waals surface area contributed by atoms with E-state index < -0.39 is 27.8 Å². The number of aliphatic carboxylic acids is 1. The van der Waals surface area contributed by atoms with Gasteiger partial charge in [0.1, 0.15) is 15.9 Å². The Morgan fingerprint density at radius 3 is 2.57 bits per heavy atom. The number of benzene rings is 2. The number of carbonyl (C=O) groups excluding carboxylic acids is 1. The van der Waals surface area contributed by atoms with Crippen LogP contribution in [0.1, 0.15) is 60.5 Å². The molecule has 35 heavy (non-hydrogen) atoms. The van der Waals surface area contributed by atoms with Crippen LogP contribution in [0.15, 0.2) is 42.5 Å². The maximum Gasteiger partial charge on any atom is 0.326 e. The second-order valence-corrected chi connectivity index (χ2v) is 11.8. The maximum absolute atomic E-state index is 13.2. The molecular formula is C27H36N2O5S. The van der Waals surface area contributed by atoms with Crippen molar-refractivity contribution in [3.8, 4) is 11.1 Å². The Morgan fingerprint density at radius 2 is 1.91 bits per heavy atom. The molecule has 2 N–H and O–H groups in total. The number of nitrogens with one attached hydrogen (secondary N) is 1. The average Bonchev–Trinajstić information content (AvgIpc) is 3.22. The van der Waals surface area contributed by atoms with Gasteiger partial charge in [-0.2, -0.15) is 0 Å². The Labute approximate surface area is 208 Å². The molecule has 0 radical (unpaired) electrons. The van der Waals surface area contributed by atoms with Gasteiger partial charge >= 0.3 is 5.97 Å². The monoisotopic (exact) mass is 500 g/mol. The second-order valence-electron chi connectivity index (χ2n) is 9.53. The zero-order valence-electron chi connectivity index (χ0n) is 20.8. The molecule has 2 aromatic carbocycles. The third-order valence-electron chi connectivity index (χ3n) is 6.65. The highest BCUT2D eigenvalue weighted by Gasteiger charge is 2.26. The lowest BCUT2D eigenvalue weighted by Gasteiger charge is -2.25. The van der Waals surface area contributed by atoms with Gasteiger partial charge < -0.3 is 10.4 Å². The van der Waals surface area contributed by atoms with E-state index in [4.69, 9.17) is 0 Å². The van der Waals surface area contributed by atoms with Gasteiger partial charge in [-0.1, -0.05) is 43.7 Å². The molecule has 1 fully saturated rings. The lowest BCUT2D eigenvalue weighted by molar-refractivity contribution is -0.139. The van der Waals surface area contributed by atoms with E-state index in [9.17, 15) is 23.1 Å². The minimum Gasteiger partial charge on any atom is -0.480 e. The van der Waals surface area contributed by atoms with Crippen molar-refractivity contribution >= 4 is 21.7 Å². The molecular weight excluding hydrogens is 464 g/mol. The number of likely N-dealkylation sites (tertiary alicyclic amines) is 1. The van der Waals surface area contributed by atoms with Crippen molar-refractivity contribution in [2.45, 2.75) is 64.6 Å². The number of nitrogens with zero attached hydrogens (tertiary/aromatic N) is 1. The van der Waals surface area contributed by atoms with Crippen molar-refractivity contribution in [2.75, 3.05) is 18.6 Å². The van der Waals surface area contributed by atoms with Crippen LogP contribution >= 0.6 is 0 Å². The third kappa shape index (κ3) is 7.39. The molecule has 190 valence electrons. The summed E-state index contributed by atoms with van der Waals surface area (Å²) in [4.78, 5) is 27.5. The van der Waals surface area contributed by atoms with Gasteiger partial charge in [-0.15, -0.1) is 0 Å². The number of hydrogen-bond donors (Lipinski definition) is 2. The SMILES string of the molecule is CCC[C@H]1CCCN1Cc1ccc(C(=O)N[C@@H](CCS(C)(=O)=O)C(=O)O)c(-c2ccccc2C)c1. The summed E-state index contributed by atoms with van der Waals surface area (Å²) in [7, 11) is -3.36. The quantitative estimate of drug-likeness (QED) is 0.483. The highest BCUT2D eigenvalue weighted by atomic mass is 32.2. The molecule has 0 unspecified atom stereocenters. The van der Waals surface area contributed by atoms with Gasteiger partial charge in [-0.3, -0.25) is 9.69 Å². The molecule has 7 nitrogen and oxygen atoms in total. The number of carboxylic acids is 1. The van der Waals surface area contributed by atoms with Crippen LogP contribution in [0.4, 0.5) is 0 Å². The third-order valence-corrected chi connectivity index (χ3v) is 7.63. The highest BCUT2D eigenvalue weighted by molar-refractivity contribution is 7.90. The fourth-order valence-electron chi connectivity index (χ4n) is 4.81. The van der Waals surface area contributed by atoms with Crippen LogP contribution in [-0.4, -0.2) is 60.9 Å². The van der Waals surface area contributed by atoms with E-state index in [-0.39, 0.29) is 12.2 Å². The molecule has 0 aliphatic carbocycles. The molecule has 1 aliphatic heterocycles. The van der Waals surface area contributed by atoms with Gasteiger partial charge in [0.25, 0.3) is 5.91 Å². The molecule has 1 saturated heterocycles. The average molecular weight is 501 g/mol. The Kier molecular flexibility index (Phi) is 9.08. The topological polar surface area (TPSA) is 104 Å². The molecule has 0 aromatic heterocycles. The summed E-state index contributed by atoms with van der Waals surface area (Å²) in [6, 6.07) is 12.8. The Morgan fingerprint density at radius 1 is 1.17 bits per heavy atom. The fraction of sp³-hybridized carbons (Fsp3) is 0.481. The lowest BCUT2D eigenvalue weighted by Crippen LogP contribution is -2.42. The van der Waals surface area contributed by atoms with Crippen molar-refractivity contribution in [1.29, 1.82) is 0 Å². The molecule has 1 aliphatic rings. The van der Waals surface area contributed by atoms with Crippen LogP contribution in [0.2, 0.25) is 0 Å². The van der Waals surface area contributed by atoms with Crippen LogP contribution in [0.3, 0.4) is 0 Å². The van der Waals surface area contributed by atoms with Crippen LogP contribution in [0, 0.1) is 6.92 Å². The minimum atomic E-state index is -3.36. The highest BCUT2D eigenvalue weighted by Crippen LogP contribution is 2.30. The van der Waals surface area contributed by atoms with E-state index in [1.54, 1.807) is 6.07 Å². The summed E-state index contributed by atoms with van der Waals surface area (Å²) in [6.07, 6.45) is 5.59. The van der Waals surface area contributed by atoms with Crippen LogP contribution in [0.5, 0.6) is 0 Å². The smallest absolute Gasteiger partial charge is 0.326 e. The van der Waals surface area contributed by atoms with Crippen molar-refractivity contribution in [1.82, 2.24) is 10.2 Å².